The molecule has 0 aliphatic heterocycles. The molecule has 1 aromatic carbocycles. The molecule has 21 heavy (non-hydrogen) atoms. The number of halogens is 3. The first-order chi connectivity index (χ1) is 9.70. The van der Waals surface area contributed by atoms with Gasteiger partial charge in [-0.2, -0.15) is 8.78 Å². The highest BCUT2D eigenvalue weighted by molar-refractivity contribution is 7.93. The molecule has 0 radical (unpaired) electrons. The minimum atomic E-state index is -4.89. The zero-order valence-corrected chi connectivity index (χ0v) is 13.2. The van der Waals surface area contributed by atoms with Crippen LogP contribution in [0.4, 0.5) is 14.5 Å². The summed E-state index contributed by atoms with van der Waals surface area (Å²) in [4.78, 5) is -0.749. The van der Waals surface area contributed by atoms with Gasteiger partial charge in [-0.15, -0.1) is 11.6 Å². The summed E-state index contributed by atoms with van der Waals surface area (Å²) >= 11 is 5.43. The van der Waals surface area contributed by atoms with Gasteiger partial charge in [0, 0.05) is 5.88 Å². The summed E-state index contributed by atoms with van der Waals surface area (Å²) in [5, 5.41) is 0. The topological polar surface area (TPSA) is 80.3 Å². The van der Waals surface area contributed by atoms with Crippen LogP contribution in [-0.2, 0) is 19.9 Å². The monoisotopic (exact) mass is 361 g/mol. The summed E-state index contributed by atoms with van der Waals surface area (Å²) in [7, 11) is -8.72. The zero-order valence-electron chi connectivity index (χ0n) is 10.8. The highest BCUT2D eigenvalue weighted by Gasteiger charge is 2.30. The van der Waals surface area contributed by atoms with Gasteiger partial charge in [0.05, 0.1) is 16.3 Å². The van der Waals surface area contributed by atoms with Gasteiger partial charge in [0.1, 0.15) is 0 Å². The molecule has 0 aliphatic carbocycles. The van der Waals surface area contributed by atoms with Crippen LogP contribution in [0, 0.1) is 0 Å². The lowest BCUT2D eigenvalue weighted by molar-refractivity contribution is 0.235. The van der Waals surface area contributed by atoms with E-state index in [1.54, 1.807) is 0 Å². The van der Waals surface area contributed by atoms with Gasteiger partial charge in [0.15, 0.2) is 0 Å². The number of hydrogen-bond donors (Lipinski definition) is 1. The van der Waals surface area contributed by atoms with Crippen LogP contribution in [0.2, 0.25) is 0 Å². The Morgan fingerprint density at radius 3 is 2.29 bits per heavy atom. The maximum Gasteiger partial charge on any atom is 0.341 e. The number of sulfonamides is 1. The van der Waals surface area contributed by atoms with E-state index in [9.17, 15) is 25.6 Å². The predicted octanol–water partition coefficient (Wildman–Crippen LogP) is 2.44. The number of para-hydroxylation sites is 1. The first-order valence-corrected chi connectivity index (χ1v) is 9.61. The van der Waals surface area contributed by atoms with Crippen LogP contribution in [0.25, 0.3) is 0 Å². The van der Waals surface area contributed by atoms with E-state index in [4.69, 9.17) is 11.6 Å². The van der Waals surface area contributed by atoms with Crippen molar-refractivity contribution in [3.05, 3.63) is 24.3 Å². The number of anilines is 1. The second kappa shape index (κ2) is 7.37. The largest absolute Gasteiger partial charge is 0.341 e. The molecule has 0 atom stereocenters. The first-order valence-electron chi connectivity index (χ1n) is 5.88. The molecule has 0 spiro atoms. The molecule has 0 aromatic heterocycles. The Hall–Kier alpha value is -0.930. The molecule has 1 N–H and O–H groups in total. The van der Waals surface area contributed by atoms with E-state index in [1.807, 2.05) is 4.72 Å². The fourth-order valence-corrected chi connectivity index (χ4v) is 3.84. The van der Waals surface area contributed by atoms with Gasteiger partial charge in [-0.1, -0.05) is 12.1 Å². The third-order valence-corrected chi connectivity index (χ3v) is 5.55. The van der Waals surface area contributed by atoms with Crippen LogP contribution in [0.15, 0.2) is 29.2 Å². The second-order valence-electron chi connectivity index (χ2n) is 4.12. The van der Waals surface area contributed by atoms with Crippen molar-refractivity contribution < 1.29 is 25.6 Å². The normalized spacial score (nSPS) is 12.6. The highest BCUT2D eigenvalue weighted by Crippen LogP contribution is 2.26. The molecule has 0 bridgehead atoms. The molecule has 0 fully saturated rings. The van der Waals surface area contributed by atoms with E-state index < -0.39 is 30.5 Å². The van der Waals surface area contributed by atoms with Crippen LogP contribution in [0.3, 0.4) is 0 Å². The molecule has 10 heteroatoms. The summed E-state index contributed by atoms with van der Waals surface area (Å²) in [5.41, 5.74) is -0.385. The molecule has 120 valence electrons. The third kappa shape index (κ3) is 5.08. The van der Waals surface area contributed by atoms with Crippen LogP contribution >= 0.6 is 11.6 Å². The number of sulfone groups is 1. The predicted molar refractivity (Wildman–Crippen MR) is 77.0 cm³/mol. The minimum Gasteiger partial charge on any atom is -0.282 e. The summed E-state index contributed by atoms with van der Waals surface area (Å²) in [6.45, 7) is 0. The van der Waals surface area contributed by atoms with E-state index in [1.165, 1.54) is 12.1 Å². The molecule has 0 amide bonds. The molecular weight excluding hydrogens is 348 g/mol. The van der Waals surface area contributed by atoms with Gasteiger partial charge in [-0.25, -0.2) is 16.8 Å². The van der Waals surface area contributed by atoms with Crippen molar-refractivity contribution >= 4 is 37.1 Å². The van der Waals surface area contributed by atoms with Crippen molar-refractivity contribution in [2.45, 2.75) is 23.5 Å². The lowest BCUT2D eigenvalue weighted by Crippen LogP contribution is -2.20. The standard InChI is InChI=1S/C11H14ClF2NO4S2/c12-7-3-4-8-20(16,17)15-9-5-1-2-6-10(9)21(18,19)11(13)14/h1-2,5-6,11,15H,3-4,7-8H2. The molecule has 0 saturated heterocycles. The zero-order chi connectivity index (χ0) is 16.1. The Balaban J connectivity index is 3.06. The molecule has 0 aliphatic rings. The summed E-state index contributed by atoms with van der Waals surface area (Å²) in [6.07, 6.45) is 0.752. The van der Waals surface area contributed by atoms with E-state index in [2.05, 4.69) is 0 Å². The number of hydrogen-bond acceptors (Lipinski definition) is 4. The molecule has 0 heterocycles. The summed E-state index contributed by atoms with van der Waals surface area (Å²) in [5.74, 6) is -3.60. The Bertz CT molecular complexity index is 677. The van der Waals surface area contributed by atoms with Gasteiger partial charge in [0.25, 0.3) is 0 Å². The molecular formula is C11H14ClF2NO4S2. The average Bonchev–Trinajstić information content (AvgIpc) is 2.38. The van der Waals surface area contributed by atoms with Crippen molar-refractivity contribution in [2.24, 2.45) is 0 Å². The number of alkyl halides is 3. The minimum absolute atomic E-state index is 0.275. The van der Waals surface area contributed by atoms with Crippen molar-refractivity contribution in [2.75, 3.05) is 16.4 Å². The molecule has 1 aromatic rings. The van der Waals surface area contributed by atoms with E-state index >= 15 is 0 Å². The Kier molecular flexibility index (Phi) is 6.36. The van der Waals surface area contributed by atoms with Crippen LogP contribution in [0.5, 0.6) is 0 Å². The van der Waals surface area contributed by atoms with Gasteiger partial charge in [-0.3, -0.25) is 4.72 Å². The van der Waals surface area contributed by atoms with Crippen molar-refractivity contribution in [1.29, 1.82) is 0 Å². The fourth-order valence-electron chi connectivity index (χ4n) is 1.50. The number of nitrogens with one attached hydrogen (secondary N) is 1. The van der Waals surface area contributed by atoms with Gasteiger partial charge in [0.2, 0.25) is 19.9 Å². The lowest BCUT2D eigenvalue weighted by atomic mass is 10.3. The summed E-state index contributed by atoms with van der Waals surface area (Å²) in [6, 6.07) is 4.63. The lowest BCUT2D eigenvalue weighted by Gasteiger charge is -2.12. The average molecular weight is 362 g/mol. The Morgan fingerprint density at radius 1 is 1.10 bits per heavy atom. The van der Waals surface area contributed by atoms with E-state index in [-0.39, 0.29) is 17.9 Å². The highest BCUT2D eigenvalue weighted by atomic mass is 35.5. The SMILES string of the molecule is O=S(=O)(CCCCCl)Nc1ccccc1S(=O)(=O)C(F)F. The van der Waals surface area contributed by atoms with Crippen molar-refractivity contribution in [1.82, 2.24) is 0 Å². The Morgan fingerprint density at radius 2 is 1.71 bits per heavy atom. The van der Waals surface area contributed by atoms with E-state index in [0.717, 1.165) is 12.1 Å². The van der Waals surface area contributed by atoms with Gasteiger partial charge >= 0.3 is 5.76 Å². The number of rotatable bonds is 8. The number of unbranched alkanes of at least 4 members (excludes halogenated alkanes) is 1. The maximum absolute atomic E-state index is 12.6. The van der Waals surface area contributed by atoms with Gasteiger partial charge < -0.3 is 0 Å². The molecule has 1 rings (SSSR count). The summed E-state index contributed by atoms with van der Waals surface area (Å²) < 4.78 is 73.8. The number of benzene rings is 1. The van der Waals surface area contributed by atoms with Crippen LogP contribution in [0.1, 0.15) is 12.8 Å². The van der Waals surface area contributed by atoms with Gasteiger partial charge in [-0.05, 0) is 25.0 Å². The molecule has 0 saturated carbocycles. The second-order valence-corrected chi connectivity index (χ2v) is 8.22. The van der Waals surface area contributed by atoms with Crippen molar-refractivity contribution in [3.8, 4) is 0 Å². The third-order valence-electron chi connectivity index (χ3n) is 2.49. The quantitative estimate of drug-likeness (QED) is 0.569. The van der Waals surface area contributed by atoms with Crippen LogP contribution in [-0.4, -0.2) is 34.2 Å². The van der Waals surface area contributed by atoms with Crippen molar-refractivity contribution in [3.63, 3.8) is 0 Å². The van der Waals surface area contributed by atoms with Crippen LogP contribution < -0.4 is 4.72 Å². The smallest absolute Gasteiger partial charge is 0.282 e. The van der Waals surface area contributed by atoms with E-state index in [0.29, 0.717) is 12.3 Å². The Labute approximate surface area is 127 Å². The molecule has 0 unspecified atom stereocenters. The first kappa shape index (κ1) is 18.1. The maximum atomic E-state index is 12.6. The fraction of sp³-hybridized carbons (Fsp3) is 0.455. The molecule has 5 nitrogen and oxygen atoms in total.